The SMILES string of the molecule is COCOc1c(-c2cc(Cl)c3cc(N4CCC(N(C)C)C4)cnc3n2)cc2cn(C)nc2c1C. The Bertz CT molecular complexity index is 1370. The Hall–Kier alpha value is -2.94. The van der Waals surface area contributed by atoms with Gasteiger partial charge < -0.3 is 19.3 Å². The van der Waals surface area contributed by atoms with Gasteiger partial charge in [0.25, 0.3) is 0 Å². The standard InChI is InChI=1S/C25H29ClN6O2/c1-15-23-16(12-31(4)29-23)8-20(24(15)34-14-33-5)22-10-21(26)19-9-18(11-27-25(19)28-22)32-7-6-17(13-32)30(2)3/h8-12,17H,6-7,13-14H2,1-5H3. The Kier molecular flexibility index (Phi) is 6.06. The first-order valence-corrected chi connectivity index (χ1v) is 11.7. The summed E-state index contributed by atoms with van der Waals surface area (Å²) in [5, 5.41) is 7.03. The molecule has 4 aromatic rings. The highest BCUT2D eigenvalue weighted by molar-refractivity contribution is 6.35. The first-order valence-electron chi connectivity index (χ1n) is 11.3. The zero-order chi connectivity index (χ0) is 24.0. The lowest BCUT2D eigenvalue weighted by Crippen LogP contribution is -2.31. The summed E-state index contributed by atoms with van der Waals surface area (Å²) in [5.41, 5.74) is 5.02. The Morgan fingerprint density at radius 2 is 2.06 bits per heavy atom. The van der Waals surface area contributed by atoms with Crippen molar-refractivity contribution < 1.29 is 9.47 Å². The summed E-state index contributed by atoms with van der Waals surface area (Å²) >= 11 is 6.80. The van der Waals surface area contributed by atoms with Gasteiger partial charge in [-0.25, -0.2) is 9.97 Å². The van der Waals surface area contributed by atoms with Crippen LogP contribution in [0.15, 0.2) is 30.6 Å². The van der Waals surface area contributed by atoms with Crippen LogP contribution in [-0.4, -0.2) is 71.8 Å². The topological polar surface area (TPSA) is 68.5 Å². The number of aryl methyl sites for hydroxylation is 2. The number of methoxy groups -OCH3 is 1. The molecule has 34 heavy (non-hydrogen) atoms. The largest absolute Gasteiger partial charge is 0.466 e. The van der Waals surface area contributed by atoms with Crippen LogP contribution in [0.25, 0.3) is 33.2 Å². The highest BCUT2D eigenvalue weighted by atomic mass is 35.5. The van der Waals surface area contributed by atoms with Gasteiger partial charge in [-0.1, -0.05) is 11.6 Å². The zero-order valence-corrected chi connectivity index (χ0v) is 20.9. The van der Waals surface area contributed by atoms with E-state index in [1.54, 1.807) is 11.8 Å². The molecular weight excluding hydrogens is 452 g/mol. The van der Waals surface area contributed by atoms with E-state index in [2.05, 4.69) is 35.1 Å². The lowest BCUT2D eigenvalue weighted by Gasteiger charge is -2.22. The van der Waals surface area contributed by atoms with Crippen LogP contribution in [0, 0.1) is 6.92 Å². The van der Waals surface area contributed by atoms with E-state index in [1.165, 1.54) is 0 Å². The molecule has 1 saturated heterocycles. The molecule has 4 heterocycles. The average Bonchev–Trinajstić information content (AvgIpc) is 3.45. The molecule has 9 heteroatoms. The third kappa shape index (κ3) is 4.06. The monoisotopic (exact) mass is 480 g/mol. The second kappa shape index (κ2) is 9.02. The Labute approximate surface area is 204 Å². The molecule has 5 rings (SSSR count). The quantitative estimate of drug-likeness (QED) is 0.382. The normalized spacial score (nSPS) is 16.3. The number of fused-ring (bicyclic) bond motifs is 2. The first-order chi connectivity index (χ1) is 16.4. The van der Waals surface area contributed by atoms with E-state index in [-0.39, 0.29) is 6.79 Å². The molecule has 1 aliphatic rings. The number of anilines is 1. The molecular formula is C25H29ClN6O2. The van der Waals surface area contributed by atoms with E-state index in [4.69, 9.17) is 31.0 Å². The second-order valence-electron chi connectivity index (χ2n) is 9.08. The van der Waals surface area contributed by atoms with Gasteiger partial charge in [0.2, 0.25) is 0 Å². The fraction of sp³-hybridized carbons (Fsp3) is 0.400. The molecule has 1 fully saturated rings. The summed E-state index contributed by atoms with van der Waals surface area (Å²) in [6, 6.07) is 6.56. The minimum absolute atomic E-state index is 0.124. The number of ether oxygens (including phenoxy) is 2. The summed E-state index contributed by atoms with van der Waals surface area (Å²) in [6.07, 6.45) is 5.01. The molecule has 178 valence electrons. The number of nitrogens with zero attached hydrogens (tertiary/aromatic N) is 6. The minimum atomic E-state index is 0.124. The maximum Gasteiger partial charge on any atom is 0.188 e. The number of likely N-dealkylation sites (N-methyl/N-ethyl adjacent to an activating group) is 1. The van der Waals surface area contributed by atoms with E-state index >= 15 is 0 Å². The highest BCUT2D eigenvalue weighted by Crippen LogP contribution is 2.39. The first kappa shape index (κ1) is 22.8. The number of benzene rings is 1. The van der Waals surface area contributed by atoms with Gasteiger partial charge in [0.1, 0.15) is 5.75 Å². The van der Waals surface area contributed by atoms with Crippen molar-refractivity contribution in [2.45, 2.75) is 19.4 Å². The van der Waals surface area contributed by atoms with E-state index in [9.17, 15) is 0 Å². The predicted molar refractivity (Wildman–Crippen MR) is 136 cm³/mol. The van der Waals surface area contributed by atoms with Crippen molar-refractivity contribution in [2.24, 2.45) is 7.05 Å². The van der Waals surface area contributed by atoms with Crippen molar-refractivity contribution in [3.8, 4) is 17.0 Å². The average molecular weight is 481 g/mol. The number of pyridine rings is 2. The van der Waals surface area contributed by atoms with E-state index in [1.807, 2.05) is 38.5 Å². The molecule has 0 aliphatic carbocycles. The molecule has 0 bridgehead atoms. The summed E-state index contributed by atoms with van der Waals surface area (Å²) in [4.78, 5) is 14.2. The minimum Gasteiger partial charge on any atom is -0.466 e. The molecule has 1 atom stereocenters. The summed E-state index contributed by atoms with van der Waals surface area (Å²) in [7, 11) is 7.76. The van der Waals surface area contributed by atoms with E-state index < -0.39 is 0 Å². The van der Waals surface area contributed by atoms with Crippen LogP contribution >= 0.6 is 11.6 Å². The van der Waals surface area contributed by atoms with Gasteiger partial charge in [-0.2, -0.15) is 5.10 Å². The van der Waals surface area contributed by atoms with Crippen molar-refractivity contribution in [3.05, 3.63) is 41.2 Å². The zero-order valence-electron chi connectivity index (χ0n) is 20.2. The van der Waals surface area contributed by atoms with Crippen molar-refractivity contribution in [3.63, 3.8) is 0 Å². The molecule has 0 amide bonds. The number of hydrogen-bond acceptors (Lipinski definition) is 7. The maximum absolute atomic E-state index is 6.80. The van der Waals surface area contributed by atoms with Crippen LogP contribution in [0.1, 0.15) is 12.0 Å². The maximum atomic E-state index is 6.80. The highest BCUT2D eigenvalue weighted by Gasteiger charge is 2.25. The molecule has 1 aliphatic heterocycles. The van der Waals surface area contributed by atoms with E-state index in [0.29, 0.717) is 28.2 Å². The Balaban J connectivity index is 1.58. The smallest absolute Gasteiger partial charge is 0.188 e. The van der Waals surface area contributed by atoms with Gasteiger partial charge in [-0.15, -0.1) is 0 Å². The van der Waals surface area contributed by atoms with Crippen LogP contribution in [0.5, 0.6) is 5.75 Å². The molecule has 1 unspecified atom stereocenters. The molecule has 1 aromatic carbocycles. The van der Waals surface area contributed by atoms with Gasteiger partial charge >= 0.3 is 0 Å². The summed E-state index contributed by atoms with van der Waals surface area (Å²) in [6.45, 7) is 4.10. The molecule has 0 spiro atoms. The van der Waals surface area contributed by atoms with Crippen LogP contribution < -0.4 is 9.64 Å². The number of rotatable bonds is 6. The van der Waals surface area contributed by atoms with Gasteiger partial charge in [0, 0.05) is 61.4 Å². The molecule has 8 nitrogen and oxygen atoms in total. The number of halogens is 1. The van der Waals surface area contributed by atoms with Crippen molar-refractivity contribution >= 4 is 39.2 Å². The van der Waals surface area contributed by atoms with Gasteiger partial charge in [-0.05, 0) is 45.6 Å². The van der Waals surface area contributed by atoms with Gasteiger partial charge in [0.05, 0.1) is 28.1 Å². The molecule has 0 N–H and O–H groups in total. The molecule has 0 radical (unpaired) electrons. The fourth-order valence-corrected chi connectivity index (χ4v) is 4.94. The van der Waals surface area contributed by atoms with Crippen molar-refractivity contribution in [2.75, 3.05) is 46.0 Å². The van der Waals surface area contributed by atoms with E-state index in [0.717, 1.165) is 52.6 Å². The van der Waals surface area contributed by atoms with Crippen LogP contribution in [0.3, 0.4) is 0 Å². The molecule has 0 saturated carbocycles. The fourth-order valence-electron chi connectivity index (χ4n) is 4.69. The third-order valence-electron chi connectivity index (χ3n) is 6.55. The number of aromatic nitrogens is 4. The number of hydrogen-bond donors (Lipinski definition) is 0. The van der Waals surface area contributed by atoms with Gasteiger partial charge in [0.15, 0.2) is 12.4 Å². The third-order valence-corrected chi connectivity index (χ3v) is 6.87. The van der Waals surface area contributed by atoms with Crippen LogP contribution in [0.2, 0.25) is 5.02 Å². The summed E-state index contributed by atoms with van der Waals surface area (Å²) < 4.78 is 12.9. The lowest BCUT2D eigenvalue weighted by atomic mass is 10.0. The van der Waals surface area contributed by atoms with Gasteiger partial charge in [-0.3, -0.25) is 4.68 Å². The lowest BCUT2D eigenvalue weighted by molar-refractivity contribution is 0.0511. The van der Waals surface area contributed by atoms with Crippen molar-refractivity contribution in [1.82, 2.24) is 24.6 Å². The predicted octanol–water partition coefficient (Wildman–Crippen LogP) is 4.27. The Morgan fingerprint density at radius 3 is 2.79 bits per heavy atom. The van der Waals surface area contributed by atoms with Crippen LogP contribution in [-0.2, 0) is 11.8 Å². The van der Waals surface area contributed by atoms with Crippen molar-refractivity contribution in [1.29, 1.82) is 0 Å². The second-order valence-corrected chi connectivity index (χ2v) is 9.48. The Morgan fingerprint density at radius 1 is 1.24 bits per heavy atom. The molecule has 3 aromatic heterocycles. The van der Waals surface area contributed by atoms with Crippen LogP contribution in [0.4, 0.5) is 5.69 Å². The summed E-state index contributed by atoms with van der Waals surface area (Å²) in [5.74, 6) is 0.680.